The molecule has 0 spiro atoms. The van der Waals surface area contributed by atoms with E-state index in [0.29, 0.717) is 15.1 Å². The van der Waals surface area contributed by atoms with Gasteiger partial charge in [0, 0.05) is 37.4 Å². The second kappa shape index (κ2) is 10.9. The smallest absolute Gasteiger partial charge is 0.299 e. The van der Waals surface area contributed by atoms with Gasteiger partial charge in [-0.3, -0.25) is 4.90 Å². The van der Waals surface area contributed by atoms with Gasteiger partial charge in [0.15, 0.2) is 0 Å². The highest BCUT2D eigenvalue weighted by Crippen LogP contribution is 2.44. The van der Waals surface area contributed by atoms with E-state index in [-0.39, 0.29) is 18.5 Å². The average molecular weight is 517 g/mol. The van der Waals surface area contributed by atoms with Crippen LogP contribution in [0.25, 0.3) is 0 Å². The van der Waals surface area contributed by atoms with E-state index in [0.717, 1.165) is 27.5 Å². The monoisotopic (exact) mass is 516 g/mol. The number of benzene rings is 3. The lowest BCUT2D eigenvalue weighted by Gasteiger charge is -2.50. The van der Waals surface area contributed by atoms with Crippen LogP contribution in [0.2, 0.25) is 0 Å². The molecule has 1 aliphatic heterocycles. The van der Waals surface area contributed by atoms with Crippen LogP contribution in [0.4, 0.5) is 0 Å². The summed E-state index contributed by atoms with van der Waals surface area (Å²) in [7, 11) is 3.83. The molecule has 0 radical (unpaired) electrons. The lowest BCUT2D eigenvalue weighted by atomic mass is 9.75. The van der Waals surface area contributed by atoms with Gasteiger partial charge in [-0.05, 0) is 23.4 Å². The minimum atomic E-state index is -3.83. The molecule has 3 atom stereocenters. The molecule has 1 heterocycles. The van der Waals surface area contributed by atoms with Crippen LogP contribution in [-0.4, -0.2) is 62.9 Å². The summed E-state index contributed by atoms with van der Waals surface area (Å²) in [6.07, 6.45) is -0.319. The molecule has 0 bridgehead atoms. The summed E-state index contributed by atoms with van der Waals surface area (Å²) in [6.45, 7) is 3.60. The Kier molecular flexibility index (Phi) is 8.08. The van der Waals surface area contributed by atoms with Crippen molar-refractivity contribution in [2.24, 2.45) is 0 Å². The minimum absolute atomic E-state index is 0.0132. The van der Waals surface area contributed by atoms with Crippen LogP contribution in [-0.2, 0) is 19.5 Å². The van der Waals surface area contributed by atoms with Gasteiger partial charge in [0.05, 0.1) is 17.5 Å². The Hall–Kier alpha value is -1.79. The first-order valence-electron chi connectivity index (χ1n) is 11.3. The fraction of sp³-hybridized carbons (Fsp3) is 0.308. The molecule has 3 unspecified atom stereocenters. The summed E-state index contributed by atoms with van der Waals surface area (Å²) in [5.41, 5.74) is 2.90. The molecule has 180 valence electrons. The van der Waals surface area contributed by atoms with E-state index in [1.165, 1.54) is 7.05 Å². The first-order chi connectivity index (χ1) is 16.4. The van der Waals surface area contributed by atoms with Gasteiger partial charge in [-0.1, -0.05) is 99.6 Å². The number of hydrogen-bond acceptors (Lipinski definition) is 4. The van der Waals surface area contributed by atoms with Crippen molar-refractivity contribution in [3.63, 3.8) is 0 Å². The van der Waals surface area contributed by atoms with Gasteiger partial charge < -0.3 is 4.74 Å². The Morgan fingerprint density at radius 1 is 0.912 bits per heavy atom. The molecule has 5 nitrogen and oxygen atoms in total. The average Bonchev–Trinajstić information content (AvgIpc) is 2.86. The lowest BCUT2D eigenvalue weighted by molar-refractivity contribution is -0.0737. The van der Waals surface area contributed by atoms with Crippen LogP contribution in [0.5, 0.6) is 0 Å². The molecule has 0 N–H and O–H groups in total. The SMILES string of the molecule is CPC1CN(C(c2ccccc2)(c2ccccc2)c2ccccc2)CC(CN(C)S(=O)(=O)Cl)O1. The highest BCUT2D eigenvalue weighted by molar-refractivity contribution is 8.11. The van der Waals surface area contributed by atoms with Crippen LogP contribution in [0.3, 0.4) is 0 Å². The Morgan fingerprint density at radius 2 is 1.35 bits per heavy atom. The van der Waals surface area contributed by atoms with E-state index in [1.807, 2.05) is 18.2 Å². The van der Waals surface area contributed by atoms with E-state index in [1.54, 1.807) is 0 Å². The lowest BCUT2D eigenvalue weighted by Crippen LogP contribution is -2.58. The first-order valence-corrected chi connectivity index (χ1v) is 15.1. The molecular formula is C26H30ClN2O3PS. The van der Waals surface area contributed by atoms with Gasteiger partial charge in [-0.25, -0.2) is 0 Å². The van der Waals surface area contributed by atoms with Gasteiger partial charge in [-0.15, -0.1) is 0 Å². The molecule has 3 aromatic rings. The molecular weight excluding hydrogens is 487 g/mol. The van der Waals surface area contributed by atoms with Crippen molar-refractivity contribution in [2.45, 2.75) is 17.5 Å². The molecule has 1 fully saturated rings. The molecule has 4 rings (SSSR count). The van der Waals surface area contributed by atoms with Crippen molar-refractivity contribution in [1.82, 2.24) is 9.21 Å². The highest BCUT2D eigenvalue weighted by Gasteiger charge is 2.46. The van der Waals surface area contributed by atoms with E-state index >= 15 is 0 Å². The van der Waals surface area contributed by atoms with Crippen molar-refractivity contribution in [3.8, 4) is 0 Å². The quantitative estimate of drug-likeness (QED) is 0.247. The van der Waals surface area contributed by atoms with E-state index in [9.17, 15) is 8.42 Å². The number of nitrogens with zero attached hydrogens (tertiary/aromatic N) is 2. The maximum Gasteiger partial charge on any atom is 0.299 e. The van der Waals surface area contributed by atoms with Crippen LogP contribution in [0.15, 0.2) is 91.0 Å². The van der Waals surface area contributed by atoms with E-state index in [2.05, 4.69) is 84.4 Å². The van der Waals surface area contributed by atoms with Gasteiger partial charge in [0.2, 0.25) is 0 Å². The number of ether oxygens (including phenoxy) is 1. The van der Waals surface area contributed by atoms with Gasteiger partial charge in [-0.2, -0.15) is 12.7 Å². The van der Waals surface area contributed by atoms with E-state index < -0.39 is 14.8 Å². The minimum Gasteiger partial charge on any atom is -0.367 e. The molecule has 1 aliphatic rings. The van der Waals surface area contributed by atoms with Gasteiger partial charge >= 0.3 is 0 Å². The molecule has 0 aromatic heterocycles. The summed E-state index contributed by atoms with van der Waals surface area (Å²) in [5.74, 6) is -0.0132. The number of hydrogen-bond donors (Lipinski definition) is 0. The largest absolute Gasteiger partial charge is 0.367 e. The second-order valence-electron chi connectivity index (χ2n) is 8.47. The Morgan fingerprint density at radius 3 is 1.74 bits per heavy atom. The van der Waals surface area contributed by atoms with Crippen LogP contribution in [0, 0.1) is 0 Å². The van der Waals surface area contributed by atoms with Crippen molar-refractivity contribution in [3.05, 3.63) is 108 Å². The predicted molar refractivity (Wildman–Crippen MR) is 141 cm³/mol. The number of rotatable bonds is 8. The molecule has 0 aliphatic carbocycles. The van der Waals surface area contributed by atoms with Crippen LogP contribution in [0.1, 0.15) is 16.7 Å². The highest BCUT2D eigenvalue weighted by atomic mass is 35.7. The summed E-state index contributed by atoms with van der Waals surface area (Å²) in [6, 6.07) is 31.5. The third kappa shape index (κ3) is 5.23. The first kappa shape index (κ1) is 25.3. The van der Waals surface area contributed by atoms with Crippen molar-refractivity contribution < 1.29 is 13.2 Å². The van der Waals surface area contributed by atoms with Gasteiger partial charge in [0.25, 0.3) is 9.24 Å². The van der Waals surface area contributed by atoms with Crippen molar-refractivity contribution >= 4 is 28.5 Å². The normalized spacial score (nSPS) is 20.2. The Labute approximate surface area is 209 Å². The third-order valence-electron chi connectivity index (χ3n) is 6.37. The maximum atomic E-state index is 11.9. The predicted octanol–water partition coefficient (Wildman–Crippen LogP) is 4.73. The fourth-order valence-corrected chi connectivity index (χ4v) is 6.08. The number of morpholine rings is 1. The van der Waals surface area contributed by atoms with Gasteiger partial charge in [0.1, 0.15) is 0 Å². The Balaban J connectivity index is 1.89. The fourth-order valence-electron chi connectivity index (χ4n) is 4.83. The molecule has 3 aromatic carbocycles. The summed E-state index contributed by atoms with van der Waals surface area (Å²) >= 11 is 0. The zero-order chi connectivity index (χ0) is 24.2. The molecule has 1 saturated heterocycles. The van der Waals surface area contributed by atoms with Crippen molar-refractivity contribution in [2.75, 3.05) is 33.3 Å². The number of likely N-dealkylation sites (N-methyl/N-ethyl adjacent to an activating group) is 1. The molecule has 34 heavy (non-hydrogen) atoms. The van der Waals surface area contributed by atoms with Crippen LogP contribution >= 0.6 is 19.3 Å². The second-order valence-corrected chi connectivity index (χ2v) is 12.3. The summed E-state index contributed by atoms with van der Waals surface area (Å²) in [5, 5.41) is 0. The summed E-state index contributed by atoms with van der Waals surface area (Å²) in [4.78, 5) is 2.46. The molecule has 0 saturated carbocycles. The van der Waals surface area contributed by atoms with E-state index in [4.69, 9.17) is 15.4 Å². The molecule has 8 heteroatoms. The summed E-state index contributed by atoms with van der Waals surface area (Å²) < 4.78 is 31.3. The topological polar surface area (TPSA) is 49.9 Å². The van der Waals surface area contributed by atoms with Crippen molar-refractivity contribution in [1.29, 1.82) is 0 Å². The standard InChI is InChI=1S/C26H30ClN2O3PS/c1-28(34(27,30)31)18-24-19-29(20-25(32-24)33-2)26(21-12-6-3-7-13-21,22-14-8-4-9-15-22)23-16-10-5-11-17-23/h3-17,24-25,33H,18-20H2,1-2H3. The Bertz CT molecular complexity index is 1070. The number of halogens is 1. The zero-order valence-corrected chi connectivity index (χ0v) is 21.9. The maximum absolute atomic E-state index is 11.9. The zero-order valence-electron chi connectivity index (χ0n) is 19.3. The molecule has 0 amide bonds. The third-order valence-corrected chi connectivity index (χ3v) is 8.93. The van der Waals surface area contributed by atoms with Crippen LogP contribution < -0.4 is 0 Å².